The van der Waals surface area contributed by atoms with E-state index in [1.807, 2.05) is 37.3 Å². The second kappa shape index (κ2) is 7.61. The van der Waals surface area contributed by atoms with E-state index in [0.29, 0.717) is 30.2 Å². The largest absolute Gasteiger partial charge is 0.491 e. The first-order valence-corrected chi connectivity index (χ1v) is 9.04. The molecule has 2 amide bonds. The van der Waals surface area contributed by atoms with Gasteiger partial charge < -0.3 is 15.0 Å². The van der Waals surface area contributed by atoms with E-state index in [1.165, 1.54) is 11.8 Å². The molecule has 2 aromatic carbocycles. The van der Waals surface area contributed by atoms with Gasteiger partial charge in [0.05, 0.1) is 18.0 Å². The number of hydrogen-bond donors (Lipinski definition) is 1. The number of benzene rings is 2. The van der Waals surface area contributed by atoms with Gasteiger partial charge in [-0.1, -0.05) is 18.2 Å². The average molecular weight is 356 g/mol. The molecule has 2 aromatic rings. The van der Waals surface area contributed by atoms with Crippen LogP contribution < -0.4 is 10.1 Å². The fourth-order valence-corrected chi connectivity index (χ4v) is 3.34. The standard InChI is InChI=1S/C19H20N2O3S/c1-13-5-3-4-6-16(13)24-10-9-21(2)19(23)14-7-8-17-15(11-14)20-18(22)12-25-17/h3-8,11H,9-10,12H2,1-2H3,(H,20,22). The molecule has 6 heteroatoms. The fraction of sp³-hybridized carbons (Fsp3) is 0.263. The van der Waals surface area contributed by atoms with Gasteiger partial charge in [0.2, 0.25) is 5.91 Å². The molecule has 1 aliphatic rings. The summed E-state index contributed by atoms with van der Waals surface area (Å²) in [7, 11) is 1.75. The van der Waals surface area contributed by atoms with Crippen molar-refractivity contribution in [2.24, 2.45) is 0 Å². The minimum atomic E-state index is -0.0963. The highest BCUT2D eigenvalue weighted by molar-refractivity contribution is 8.00. The van der Waals surface area contributed by atoms with E-state index >= 15 is 0 Å². The van der Waals surface area contributed by atoms with E-state index in [0.717, 1.165) is 16.2 Å². The molecule has 1 aliphatic heterocycles. The number of nitrogens with zero attached hydrogens (tertiary/aromatic N) is 1. The van der Waals surface area contributed by atoms with Crippen molar-refractivity contribution in [2.75, 3.05) is 31.3 Å². The molecular weight excluding hydrogens is 336 g/mol. The number of rotatable bonds is 5. The maximum Gasteiger partial charge on any atom is 0.253 e. The minimum absolute atomic E-state index is 0.0397. The summed E-state index contributed by atoms with van der Waals surface area (Å²) in [6.07, 6.45) is 0. The summed E-state index contributed by atoms with van der Waals surface area (Å²) in [6.45, 7) is 2.89. The lowest BCUT2D eigenvalue weighted by atomic mass is 10.1. The molecular formula is C19H20N2O3S. The van der Waals surface area contributed by atoms with Crippen molar-refractivity contribution in [1.82, 2.24) is 4.90 Å². The third kappa shape index (κ3) is 4.14. The summed E-state index contributed by atoms with van der Waals surface area (Å²) in [5.74, 6) is 1.11. The van der Waals surface area contributed by atoms with Crippen LogP contribution in [0.5, 0.6) is 5.75 Å². The van der Waals surface area contributed by atoms with Crippen LogP contribution in [0, 0.1) is 6.92 Å². The van der Waals surface area contributed by atoms with Gasteiger partial charge in [-0.2, -0.15) is 0 Å². The van der Waals surface area contributed by atoms with Crippen LogP contribution in [0.15, 0.2) is 47.4 Å². The predicted octanol–water partition coefficient (Wildman–Crippen LogP) is 3.19. The van der Waals surface area contributed by atoms with Gasteiger partial charge in [-0.25, -0.2) is 0 Å². The molecule has 0 aliphatic carbocycles. The van der Waals surface area contributed by atoms with Crippen LogP contribution in [0.2, 0.25) is 0 Å². The topological polar surface area (TPSA) is 58.6 Å². The Hall–Kier alpha value is -2.47. The molecule has 130 valence electrons. The first-order valence-electron chi connectivity index (χ1n) is 8.05. The number of amides is 2. The Morgan fingerprint density at radius 1 is 1.28 bits per heavy atom. The molecule has 3 rings (SSSR count). The number of hydrogen-bond acceptors (Lipinski definition) is 4. The smallest absolute Gasteiger partial charge is 0.253 e. The first-order chi connectivity index (χ1) is 12.0. The van der Waals surface area contributed by atoms with E-state index < -0.39 is 0 Å². The molecule has 1 N–H and O–H groups in total. The molecule has 0 spiro atoms. The SMILES string of the molecule is Cc1ccccc1OCCN(C)C(=O)c1ccc2c(c1)NC(=O)CS2. The number of anilines is 1. The summed E-state index contributed by atoms with van der Waals surface area (Å²) in [5.41, 5.74) is 2.33. The molecule has 1 heterocycles. The van der Waals surface area contributed by atoms with Crippen LogP contribution >= 0.6 is 11.8 Å². The molecule has 0 aromatic heterocycles. The Morgan fingerprint density at radius 3 is 2.88 bits per heavy atom. The highest BCUT2D eigenvalue weighted by Gasteiger charge is 2.19. The van der Waals surface area contributed by atoms with Gasteiger partial charge in [0.1, 0.15) is 12.4 Å². The molecule has 0 unspecified atom stereocenters. The number of fused-ring (bicyclic) bond motifs is 1. The molecule has 0 bridgehead atoms. The van der Waals surface area contributed by atoms with Crippen LogP contribution in [-0.2, 0) is 4.79 Å². The Bertz CT molecular complexity index is 807. The third-order valence-corrected chi connectivity index (χ3v) is 5.06. The molecule has 5 nitrogen and oxygen atoms in total. The predicted molar refractivity (Wildman–Crippen MR) is 99.4 cm³/mol. The maximum atomic E-state index is 12.6. The van der Waals surface area contributed by atoms with E-state index in [-0.39, 0.29) is 11.8 Å². The Balaban J connectivity index is 1.60. The van der Waals surface area contributed by atoms with Crippen molar-refractivity contribution in [3.63, 3.8) is 0 Å². The van der Waals surface area contributed by atoms with Crippen LogP contribution in [0.3, 0.4) is 0 Å². The number of thioether (sulfide) groups is 1. The van der Waals surface area contributed by atoms with Crippen molar-refractivity contribution < 1.29 is 14.3 Å². The molecule has 0 atom stereocenters. The third-order valence-electron chi connectivity index (χ3n) is 3.98. The zero-order valence-electron chi connectivity index (χ0n) is 14.2. The van der Waals surface area contributed by atoms with E-state index in [2.05, 4.69) is 5.32 Å². The molecule has 0 saturated carbocycles. The van der Waals surface area contributed by atoms with Gasteiger partial charge in [0.25, 0.3) is 5.91 Å². The molecule has 0 radical (unpaired) electrons. The van der Waals surface area contributed by atoms with Crippen LogP contribution in [0.25, 0.3) is 0 Å². The number of carbonyl (C=O) groups excluding carboxylic acids is 2. The Kier molecular flexibility index (Phi) is 5.28. The number of likely N-dealkylation sites (N-methyl/N-ethyl adjacent to an activating group) is 1. The van der Waals surface area contributed by atoms with E-state index in [9.17, 15) is 9.59 Å². The average Bonchev–Trinajstić information content (AvgIpc) is 2.62. The zero-order chi connectivity index (χ0) is 17.8. The van der Waals surface area contributed by atoms with Gasteiger partial charge in [0.15, 0.2) is 0 Å². The number of aryl methyl sites for hydroxylation is 1. The van der Waals surface area contributed by atoms with Gasteiger partial charge in [-0.3, -0.25) is 9.59 Å². The molecule has 0 fully saturated rings. The molecule has 25 heavy (non-hydrogen) atoms. The summed E-state index contributed by atoms with van der Waals surface area (Å²) < 4.78 is 5.74. The van der Waals surface area contributed by atoms with Crippen molar-refractivity contribution in [1.29, 1.82) is 0 Å². The highest BCUT2D eigenvalue weighted by Crippen LogP contribution is 2.32. The molecule has 0 saturated heterocycles. The summed E-state index contributed by atoms with van der Waals surface area (Å²) >= 11 is 1.48. The van der Waals surface area contributed by atoms with Gasteiger partial charge in [0, 0.05) is 17.5 Å². The Labute approximate surface area is 151 Å². The van der Waals surface area contributed by atoms with Crippen molar-refractivity contribution >= 4 is 29.3 Å². The second-order valence-corrected chi connectivity index (χ2v) is 6.91. The minimum Gasteiger partial charge on any atom is -0.491 e. The highest BCUT2D eigenvalue weighted by atomic mass is 32.2. The lowest BCUT2D eigenvalue weighted by Crippen LogP contribution is -2.31. The van der Waals surface area contributed by atoms with Crippen LogP contribution in [0.1, 0.15) is 15.9 Å². The summed E-state index contributed by atoms with van der Waals surface area (Å²) in [4.78, 5) is 26.7. The van der Waals surface area contributed by atoms with Crippen molar-refractivity contribution in [3.8, 4) is 5.75 Å². The van der Waals surface area contributed by atoms with Gasteiger partial charge in [-0.15, -0.1) is 11.8 Å². The lowest BCUT2D eigenvalue weighted by molar-refractivity contribution is -0.113. The fourth-order valence-electron chi connectivity index (χ4n) is 2.55. The number of ether oxygens (including phenoxy) is 1. The van der Waals surface area contributed by atoms with E-state index in [1.54, 1.807) is 24.1 Å². The first kappa shape index (κ1) is 17.4. The zero-order valence-corrected chi connectivity index (χ0v) is 15.1. The maximum absolute atomic E-state index is 12.6. The lowest BCUT2D eigenvalue weighted by Gasteiger charge is -2.20. The van der Waals surface area contributed by atoms with Crippen LogP contribution in [0.4, 0.5) is 5.69 Å². The van der Waals surface area contributed by atoms with Crippen molar-refractivity contribution in [3.05, 3.63) is 53.6 Å². The summed E-state index contributed by atoms with van der Waals surface area (Å²) in [6, 6.07) is 13.2. The van der Waals surface area contributed by atoms with Gasteiger partial charge in [-0.05, 0) is 36.8 Å². The monoisotopic (exact) mass is 356 g/mol. The second-order valence-electron chi connectivity index (χ2n) is 5.89. The summed E-state index contributed by atoms with van der Waals surface area (Å²) in [5, 5.41) is 2.81. The van der Waals surface area contributed by atoms with Gasteiger partial charge >= 0.3 is 0 Å². The van der Waals surface area contributed by atoms with Crippen LogP contribution in [-0.4, -0.2) is 42.7 Å². The quantitative estimate of drug-likeness (QED) is 0.894. The number of carbonyl (C=O) groups is 2. The Morgan fingerprint density at radius 2 is 2.08 bits per heavy atom. The van der Waals surface area contributed by atoms with Crippen molar-refractivity contribution in [2.45, 2.75) is 11.8 Å². The van der Waals surface area contributed by atoms with E-state index in [4.69, 9.17) is 4.74 Å². The number of nitrogens with one attached hydrogen (secondary N) is 1. The normalized spacial score (nSPS) is 13.0. The number of para-hydroxylation sites is 1.